The van der Waals surface area contributed by atoms with Gasteiger partial charge in [0, 0.05) is 19.8 Å². The number of β-lactam (4-membered cyclic amide) rings is 1. The number of nitrogens with one attached hydrogen (secondary N) is 1. The predicted octanol–water partition coefficient (Wildman–Crippen LogP) is -0.173. The SMILES string of the molecule is COC(=O)C1=C(C)CS[C@H]2N1C(=O)C2(NC(C)=O)OC. The van der Waals surface area contributed by atoms with Gasteiger partial charge >= 0.3 is 5.97 Å². The van der Waals surface area contributed by atoms with Crippen molar-refractivity contribution in [1.29, 1.82) is 0 Å². The van der Waals surface area contributed by atoms with Crippen LogP contribution in [0.15, 0.2) is 11.3 Å². The summed E-state index contributed by atoms with van der Waals surface area (Å²) in [5.74, 6) is -0.837. The van der Waals surface area contributed by atoms with Crippen molar-refractivity contribution in [2.45, 2.75) is 24.9 Å². The van der Waals surface area contributed by atoms with E-state index in [0.717, 1.165) is 5.57 Å². The van der Waals surface area contributed by atoms with Gasteiger partial charge in [-0.1, -0.05) is 0 Å². The molecule has 1 fully saturated rings. The lowest BCUT2D eigenvalue weighted by Gasteiger charge is -2.55. The number of carbonyl (C=O) groups excluding carboxylic acids is 3. The molecule has 2 aliphatic rings. The van der Waals surface area contributed by atoms with Gasteiger partial charge < -0.3 is 14.8 Å². The highest BCUT2D eigenvalue weighted by molar-refractivity contribution is 8.00. The molecule has 2 rings (SSSR count). The number of amides is 2. The molecule has 1 saturated heterocycles. The Kier molecular flexibility index (Phi) is 3.79. The smallest absolute Gasteiger partial charge is 0.354 e. The molecule has 0 aromatic rings. The molecule has 1 N–H and O–H groups in total. The molecule has 1 unspecified atom stereocenters. The number of thioether (sulfide) groups is 1. The first-order valence-corrected chi connectivity index (χ1v) is 7.01. The molecule has 2 atom stereocenters. The van der Waals surface area contributed by atoms with Crippen molar-refractivity contribution in [3.05, 3.63) is 11.3 Å². The Hall–Kier alpha value is -1.54. The molecular weight excluding hydrogens is 284 g/mol. The van der Waals surface area contributed by atoms with Gasteiger partial charge in [0.2, 0.25) is 5.91 Å². The van der Waals surface area contributed by atoms with Crippen LogP contribution in [0.4, 0.5) is 0 Å². The van der Waals surface area contributed by atoms with E-state index in [2.05, 4.69) is 5.32 Å². The van der Waals surface area contributed by atoms with E-state index in [4.69, 9.17) is 9.47 Å². The Labute approximate surface area is 120 Å². The molecule has 0 bridgehead atoms. The molecule has 7 nitrogen and oxygen atoms in total. The van der Waals surface area contributed by atoms with Gasteiger partial charge in [-0.25, -0.2) is 4.79 Å². The van der Waals surface area contributed by atoms with E-state index >= 15 is 0 Å². The highest BCUT2D eigenvalue weighted by Gasteiger charge is 2.66. The minimum atomic E-state index is -1.41. The van der Waals surface area contributed by atoms with Crippen LogP contribution in [0, 0.1) is 0 Å². The minimum absolute atomic E-state index is 0.235. The van der Waals surface area contributed by atoms with Crippen LogP contribution in [0.3, 0.4) is 0 Å². The lowest BCUT2D eigenvalue weighted by molar-refractivity contribution is -0.192. The molecule has 20 heavy (non-hydrogen) atoms. The van der Waals surface area contributed by atoms with E-state index in [1.165, 1.54) is 37.8 Å². The Bertz CT molecular complexity index is 518. The van der Waals surface area contributed by atoms with Crippen molar-refractivity contribution >= 4 is 29.5 Å². The Morgan fingerprint density at radius 2 is 2.10 bits per heavy atom. The van der Waals surface area contributed by atoms with E-state index in [1.807, 2.05) is 0 Å². The highest BCUT2D eigenvalue weighted by Crippen LogP contribution is 2.46. The first-order valence-electron chi connectivity index (χ1n) is 5.96. The van der Waals surface area contributed by atoms with E-state index in [0.29, 0.717) is 5.75 Å². The molecule has 2 amide bonds. The number of hydrogen-bond donors (Lipinski definition) is 1. The second-order valence-electron chi connectivity index (χ2n) is 4.58. The van der Waals surface area contributed by atoms with Crippen molar-refractivity contribution < 1.29 is 23.9 Å². The number of fused-ring (bicyclic) bond motifs is 1. The number of methoxy groups -OCH3 is 2. The lowest BCUT2D eigenvalue weighted by Crippen LogP contribution is -2.80. The van der Waals surface area contributed by atoms with Gasteiger partial charge in [-0.05, 0) is 12.5 Å². The van der Waals surface area contributed by atoms with Crippen molar-refractivity contribution in [2.75, 3.05) is 20.0 Å². The zero-order valence-electron chi connectivity index (χ0n) is 11.7. The number of carbonyl (C=O) groups is 3. The Morgan fingerprint density at radius 3 is 2.60 bits per heavy atom. The summed E-state index contributed by atoms with van der Waals surface area (Å²) in [6.07, 6.45) is 0. The average molecular weight is 300 g/mol. The summed E-state index contributed by atoms with van der Waals surface area (Å²) in [6, 6.07) is 0. The maximum atomic E-state index is 12.4. The van der Waals surface area contributed by atoms with Gasteiger partial charge in [-0.15, -0.1) is 11.8 Å². The third kappa shape index (κ3) is 1.90. The van der Waals surface area contributed by atoms with Crippen LogP contribution in [-0.2, 0) is 23.9 Å². The largest absolute Gasteiger partial charge is 0.464 e. The van der Waals surface area contributed by atoms with Gasteiger partial charge in [0.15, 0.2) is 0 Å². The van der Waals surface area contributed by atoms with E-state index in [1.54, 1.807) is 6.92 Å². The van der Waals surface area contributed by atoms with Crippen LogP contribution < -0.4 is 5.32 Å². The second kappa shape index (κ2) is 5.10. The van der Waals surface area contributed by atoms with Gasteiger partial charge in [0.1, 0.15) is 11.1 Å². The summed E-state index contributed by atoms with van der Waals surface area (Å²) < 4.78 is 9.96. The Morgan fingerprint density at radius 1 is 1.45 bits per heavy atom. The Balaban J connectivity index is 2.37. The quantitative estimate of drug-likeness (QED) is 0.442. The highest BCUT2D eigenvalue weighted by atomic mass is 32.2. The molecule has 2 aliphatic heterocycles. The topological polar surface area (TPSA) is 84.9 Å². The fourth-order valence-electron chi connectivity index (χ4n) is 2.38. The maximum absolute atomic E-state index is 12.4. The van der Waals surface area contributed by atoms with Crippen molar-refractivity contribution in [1.82, 2.24) is 10.2 Å². The number of hydrogen-bond acceptors (Lipinski definition) is 6. The summed E-state index contributed by atoms with van der Waals surface area (Å²) in [7, 11) is 2.62. The molecule has 0 aromatic carbocycles. The van der Waals surface area contributed by atoms with Gasteiger partial charge in [0.05, 0.1) is 7.11 Å². The molecule has 0 aliphatic carbocycles. The average Bonchev–Trinajstić information content (AvgIpc) is 2.42. The molecule has 2 heterocycles. The van der Waals surface area contributed by atoms with Gasteiger partial charge in [0.25, 0.3) is 11.6 Å². The van der Waals surface area contributed by atoms with Crippen LogP contribution in [0.2, 0.25) is 0 Å². The fraction of sp³-hybridized carbons (Fsp3) is 0.583. The van der Waals surface area contributed by atoms with Crippen LogP contribution in [0.5, 0.6) is 0 Å². The van der Waals surface area contributed by atoms with Crippen molar-refractivity contribution in [2.24, 2.45) is 0 Å². The minimum Gasteiger partial charge on any atom is -0.464 e. The molecule has 0 aromatic heterocycles. The third-order valence-corrected chi connectivity index (χ3v) is 4.74. The van der Waals surface area contributed by atoms with Crippen LogP contribution in [0.25, 0.3) is 0 Å². The summed E-state index contributed by atoms with van der Waals surface area (Å²) in [6.45, 7) is 3.08. The summed E-state index contributed by atoms with van der Waals surface area (Å²) in [5, 5.41) is 2.07. The number of rotatable bonds is 3. The fourth-order valence-corrected chi connectivity index (χ4v) is 3.77. The van der Waals surface area contributed by atoms with E-state index < -0.39 is 23.0 Å². The van der Waals surface area contributed by atoms with Crippen molar-refractivity contribution in [3.63, 3.8) is 0 Å². The number of nitrogens with zero attached hydrogens (tertiary/aromatic N) is 1. The van der Waals surface area contributed by atoms with Crippen LogP contribution in [0.1, 0.15) is 13.8 Å². The van der Waals surface area contributed by atoms with Gasteiger partial charge in [-0.2, -0.15) is 0 Å². The molecule has 0 saturated carbocycles. The van der Waals surface area contributed by atoms with Crippen molar-refractivity contribution in [3.8, 4) is 0 Å². The summed E-state index contributed by atoms with van der Waals surface area (Å²) >= 11 is 1.43. The normalized spacial score (nSPS) is 28.7. The monoisotopic (exact) mass is 300 g/mol. The lowest BCUT2D eigenvalue weighted by atomic mass is 9.98. The van der Waals surface area contributed by atoms with Gasteiger partial charge in [-0.3, -0.25) is 14.5 Å². The standard InChI is InChI=1S/C12H16N2O5S/c1-6-5-20-11-12(19-4,13-7(2)15)10(17)14(11)8(6)9(16)18-3/h11H,5H2,1-4H3,(H,13,15)/t11-,12?/m1/s1. The molecule has 0 radical (unpaired) electrons. The van der Waals surface area contributed by atoms with E-state index in [9.17, 15) is 14.4 Å². The summed E-state index contributed by atoms with van der Waals surface area (Å²) in [5.41, 5.74) is -0.408. The molecule has 8 heteroatoms. The zero-order valence-corrected chi connectivity index (χ0v) is 12.5. The number of ether oxygens (including phenoxy) is 2. The first kappa shape index (κ1) is 14.9. The molecule has 0 spiro atoms. The molecule has 110 valence electrons. The first-order chi connectivity index (χ1) is 9.39. The summed E-state index contributed by atoms with van der Waals surface area (Å²) in [4.78, 5) is 36.8. The zero-order chi connectivity index (χ0) is 15.1. The predicted molar refractivity (Wildman–Crippen MR) is 71.4 cm³/mol. The second-order valence-corrected chi connectivity index (χ2v) is 5.65. The van der Waals surface area contributed by atoms with Crippen LogP contribution >= 0.6 is 11.8 Å². The van der Waals surface area contributed by atoms with E-state index in [-0.39, 0.29) is 11.6 Å². The van der Waals surface area contributed by atoms with Crippen LogP contribution in [-0.4, -0.2) is 53.8 Å². The third-order valence-electron chi connectivity index (χ3n) is 3.28. The number of esters is 1. The molecular formula is C12H16N2O5S. The maximum Gasteiger partial charge on any atom is 0.354 e.